The standard InChI is InChI=1S/C18H17FN2O2/c19-16-9-2-1-8-15(16)17(22)20-14-7-5-6-13(12-14)18(23)21-10-3-4-11-21/h1-2,5-9,12H,3-4,10-11H2,(H,20,22). The third kappa shape index (κ3) is 3.39. The van der Waals surface area contributed by atoms with E-state index in [1.54, 1.807) is 35.2 Å². The first-order valence-corrected chi connectivity index (χ1v) is 7.60. The highest BCUT2D eigenvalue weighted by Crippen LogP contribution is 2.17. The third-order valence-corrected chi connectivity index (χ3v) is 3.88. The molecule has 1 saturated heterocycles. The first-order valence-electron chi connectivity index (χ1n) is 7.60. The second kappa shape index (κ2) is 6.60. The molecule has 1 aliphatic rings. The zero-order valence-corrected chi connectivity index (χ0v) is 12.6. The van der Waals surface area contributed by atoms with Gasteiger partial charge in [0, 0.05) is 24.3 Å². The first-order chi connectivity index (χ1) is 11.1. The summed E-state index contributed by atoms with van der Waals surface area (Å²) in [7, 11) is 0. The predicted octanol–water partition coefficient (Wildman–Crippen LogP) is 3.31. The molecule has 0 aromatic heterocycles. The van der Waals surface area contributed by atoms with E-state index in [2.05, 4.69) is 5.32 Å². The van der Waals surface area contributed by atoms with E-state index in [9.17, 15) is 14.0 Å². The van der Waals surface area contributed by atoms with Gasteiger partial charge in [-0.25, -0.2) is 4.39 Å². The fourth-order valence-corrected chi connectivity index (χ4v) is 2.68. The van der Waals surface area contributed by atoms with Crippen LogP contribution in [0.2, 0.25) is 0 Å². The Labute approximate surface area is 133 Å². The van der Waals surface area contributed by atoms with Crippen molar-refractivity contribution in [2.45, 2.75) is 12.8 Å². The molecule has 1 fully saturated rings. The van der Waals surface area contributed by atoms with Crippen LogP contribution in [0.4, 0.5) is 10.1 Å². The number of carbonyl (C=O) groups is 2. The molecular formula is C18H17FN2O2. The third-order valence-electron chi connectivity index (χ3n) is 3.88. The molecule has 1 aliphatic heterocycles. The van der Waals surface area contributed by atoms with Gasteiger partial charge in [-0.15, -0.1) is 0 Å². The van der Waals surface area contributed by atoms with E-state index in [1.165, 1.54) is 18.2 Å². The number of rotatable bonds is 3. The van der Waals surface area contributed by atoms with Crippen LogP contribution in [0.3, 0.4) is 0 Å². The fraction of sp³-hybridized carbons (Fsp3) is 0.222. The fourth-order valence-electron chi connectivity index (χ4n) is 2.68. The summed E-state index contributed by atoms with van der Waals surface area (Å²) in [5.74, 6) is -1.15. The second-order valence-corrected chi connectivity index (χ2v) is 5.51. The van der Waals surface area contributed by atoms with Crippen molar-refractivity contribution in [3.8, 4) is 0 Å². The van der Waals surface area contributed by atoms with Crippen LogP contribution < -0.4 is 5.32 Å². The summed E-state index contributed by atoms with van der Waals surface area (Å²) in [5, 5.41) is 2.64. The Morgan fingerprint density at radius 2 is 1.74 bits per heavy atom. The normalized spacial score (nSPS) is 13.9. The van der Waals surface area contributed by atoms with E-state index in [1.807, 2.05) is 0 Å². The summed E-state index contributed by atoms with van der Waals surface area (Å²) < 4.78 is 13.6. The summed E-state index contributed by atoms with van der Waals surface area (Å²) >= 11 is 0. The SMILES string of the molecule is O=C(Nc1cccc(C(=O)N2CCCC2)c1)c1ccccc1F. The zero-order valence-electron chi connectivity index (χ0n) is 12.6. The number of hydrogen-bond donors (Lipinski definition) is 1. The summed E-state index contributed by atoms with van der Waals surface area (Å²) in [6, 6.07) is 12.5. The number of amides is 2. The van der Waals surface area contributed by atoms with E-state index in [4.69, 9.17) is 0 Å². The molecule has 1 N–H and O–H groups in total. The highest BCUT2D eigenvalue weighted by molar-refractivity contribution is 6.05. The monoisotopic (exact) mass is 312 g/mol. The molecule has 0 unspecified atom stereocenters. The zero-order chi connectivity index (χ0) is 16.2. The second-order valence-electron chi connectivity index (χ2n) is 5.51. The first kappa shape index (κ1) is 15.2. The highest BCUT2D eigenvalue weighted by Gasteiger charge is 2.20. The predicted molar refractivity (Wildman–Crippen MR) is 85.9 cm³/mol. The van der Waals surface area contributed by atoms with Crippen LogP contribution in [0.5, 0.6) is 0 Å². The minimum Gasteiger partial charge on any atom is -0.339 e. The molecule has 2 aromatic carbocycles. The average molecular weight is 312 g/mol. The molecule has 1 heterocycles. The smallest absolute Gasteiger partial charge is 0.258 e. The van der Waals surface area contributed by atoms with Crippen LogP contribution >= 0.6 is 0 Å². The number of likely N-dealkylation sites (tertiary alicyclic amines) is 1. The molecule has 2 aromatic rings. The van der Waals surface area contributed by atoms with Gasteiger partial charge in [0.05, 0.1) is 5.56 Å². The Morgan fingerprint density at radius 1 is 1.00 bits per heavy atom. The number of benzene rings is 2. The number of halogens is 1. The van der Waals surface area contributed by atoms with Crippen molar-refractivity contribution in [3.05, 3.63) is 65.5 Å². The van der Waals surface area contributed by atoms with E-state index < -0.39 is 11.7 Å². The average Bonchev–Trinajstić information content (AvgIpc) is 3.09. The van der Waals surface area contributed by atoms with Crippen LogP contribution in [-0.2, 0) is 0 Å². The van der Waals surface area contributed by atoms with Crippen molar-refractivity contribution >= 4 is 17.5 Å². The quantitative estimate of drug-likeness (QED) is 0.945. The Kier molecular flexibility index (Phi) is 4.37. The lowest BCUT2D eigenvalue weighted by Gasteiger charge is -2.15. The molecule has 5 heteroatoms. The largest absolute Gasteiger partial charge is 0.339 e. The molecule has 0 radical (unpaired) electrons. The van der Waals surface area contributed by atoms with Crippen LogP contribution in [0.25, 0.3) is 0 Å². The Balaban J connectivity index is 1.76. The molecule has 23 heavy (non-hydrogen) atoms. The van der Waals surface area contributed by atoms with Crippen molar-refractivity contribution in [1.29, 1.82) is 0 Å². The van der Waals surface area contributed by atoms with Crippen LogP contribution in [0.15, 0.2) is 48.5 Å². The summed E-state index contributed by atoms with van der Waals surface area (Å²) in [5.41, 5.74) is 0.977. The van der Waals surface area contributed by atoms with Gasteiger partial charge < -0.3 is 10.2 Å². The van der Waals surface area contributed by atoms with Crippen LogP contribution in [0, 0.1) is 5.82 Å². The minimum atomic E-state index is -0.575. The van der Waals surface area contributed by atoms with E-state index >= 15 is 0 Å². The number of nitrogens with zero attached hydrogens (tertiary/aromatic N) is 1. The number of nitrogens with one attached hydrogen (secondary N) is 1. The lowest BCUT2D eigenvalue weighted by molar-refractivity contribution is 0.0792. The van der Waals surface area contributed by atoms with Gasteiger partial charge in [-0.1, -0.05) is 18.2 Å². The number of carbonyl (C=O) groups excluding carboxylic acids is 2. The molecule has 4 nitrogen and oxygen atoms in total. The molecule has 0 saturated carbocycles. The van der Waals surface area contributed by atoms with E-state index in [-0.39, 0.29) is 11.5 Å². The molecule has 118 valence electrons. The molecule has 0 atom stereocenters. The number of anilines is 1. The van der Waals surface area contributed by atoms with Crippen molar-refractivity contribution in [2.24, 2.45) is 0 Å². The topological polar surface area (TPSA) is 49.4 Å². The maximum atomic E-state index is 13.6. The van der Waals surface area contributed by atoms with E-state index in [0.717, 1.165) is 25.9 Å². The summed E-state index contributed by atoms with van der Waals surface area (Å²) in [6.07, 6.45) is 2.05. The Hall–Kier alpha value is -2.69. The van der Waals surface area contributed by atoms with Gasteiger partial charge in [0.2, 0.25) is 0 Å². The lowest BCUT2D eigenvalue weighted by atomic mass is 10.1. The van der Waals surface area contributed by atoms with Crippen molar-refractivity contribution in [2.75, 3.05) is 18.4 Å². The van der Waals surface area contributed by atoms with Gasteiger partial charge in [-0.3, -0.25) is 9.59 Å². The molecule has 2 amide bonds. The van der Waals surface area contributed by atoms with Gasteiger partial charge in [0.25, 0.3) is 11.8 Å². The van der Waals surface area contributed by atoms with Crippen molar-refractivity contribution in [1.82, 2.24) is 4.90 Å². The molecular weight excluding hydrogens is 295 g/mol. The van der Waals surface area contributed by atoms with E-state index in [0.29, 0.717) is 11.3 Å². The van der Waals surface area contributed by atoms with Crippen molar-refractivity contribution < 1.29 is 14.0 Å². The summed E-state index contributed by atoms with van der Waals surface area (Å²) in [6.45, 7) is 1.54. The van der Waals surface area contributed by atoms with Crippen LogP contribution in [-0.4, -0.2) is 29.8 Å². The Morgan fingerprint density at radius 3 is 2.48 bits per heavy atom. The molecule has 0 bridgehead atoms. The summed E-state index contributed by atoms with van der Waals surface area (Å²) in [4.78, 5) is 26.3. The highest BCUT2D eigenvalue weighted by atomic mass is 19.1. The van der Waals surface area contributed by atoms with Gasteiger partial charge in [-0.05, 0) is 43.2 Å². The maximum absolute atomic E-state index is 13.6. The van der Waals surface area contributed by atoms with Crippen LogP contribution in [0.1, 0.15) is 33.6 Å². The van der Waals surface area contributed by atoms with Gasteiger partial charge >= 0.3 is 0 Å². The van der Waals surface area contributed by atoms with Gasteiger partial charge in [0.15, 0.2) is 0 Å². The number of hydrogen-bond acceptors (Lipinski definition) is 2. The molecule has 0 spiro atoms. The van der Waals surface area contributed by atoms with Gasteiger partial charge in [-0.2, -0.15) is 0 Å². The van der Waals surface area contributed by atoms with Crippen molar-refractivity contribution in [3.63, 3.8) is 0 Å². The van der Waals surface area contributed by atoms with Gasteiger partial charge in [0.1, 0.15) is 5.82 Å². The molecule has 0 aliphatic carbocycles. The molecule has 3 rings (SSSR count). The Bertz CT molecular complexity index is 739. The minimum absolute atomic E-state index is 0.0243. The maximum Gasteiger partial charge on any atom is 0.258 e. The lowest BCUT2D eigenvalue weighted by Crippen LogP contribution is -2.27.